The molecule has 0 aliphatic heterocycles. The molecule has 0 unspecified atom stereocenters. The van der Waals surface area contributed by atoms with Crippen LogP contribution in [0.5, 0.6) is 0 Å². The third-order valence-electron chi connectivity index (χ3n) is 3.56. The van der Waals surface area contributed by atoms with Gasteiger partial charge in [0.2, 0.25) is 0 Å². The van der Waals surface area contributed by atoms with Crippen molar-refractivity contribution >= 4 is 5.97 Å². The molecule has 0 spiro atoms. The predicted molar refractivity (Wildman–Crippen MR) is 67.6 cm³/mol. The van der Waals surface area contributed by atoms with Crippen molar-refractivity contribution in [3.63, 3.8) is 0 Å². The summed E-state index contributed by atoms with van der Waals surface area (Å²) in [4.78, 5) is 10.9. The standard InChI is InChI=1S/C14H13FN2O2/c1-17-13(7-12(16-17)14(18)19)10-5-8-3-2-4-9(8)6-11(10)15/h5-7H,2-4H2,1H3,(H,18,19). The van der Waals surface area contributed by atoms with Gasteiger partial charge in [-0.25, -0.2) is 9.18 Å². The van der Waals surface area contributed by atoms with Gasteiger partial charge in [0.1, 0.15) is 5.82 Å². The Balaban J connectivity index is 2.14. The van der Waals surface area contributed by atoms with Crippen LogP contribution in [0.3, 0.4) is 0 Å². The van der Waals surface area contributed by atoms with Crippen LogP contribution in [0.4, 0.5) is 4.39 Å². The maximum Gasteiger partial charge on any atom is 0.356 e. The van der Waals surface area contributed by atoms with Crippen molar-refractivity contribution < 1.29 is 14.3 Å². The number of nitrogens with zero attached hydrogens (tertiary/aromatic N) is 2. The molecule has 1 aliphatic rings. The van der Waals surface area contributed by atoms with Crippen molar-refractivity contribution in [3.05, 3.63) is 40.8 Å². The quantitative estimate of drug-likeness (QED) is 0.902. The van der Waals surface area contributed by atoms with Gasteiger partial charge in [0, 0.05) is 12.6 Å². The van der Waals surface area contributed by atoms with Crippen LogP contribution >= 0.6 is 0 Å². The van der Waals surface area contributed by atoms with E-state index in [1.807, 2.05) is 6.07 Å². The molecule has 98 valence electrons. The minimum absolute atomic E-state index is 0.0719. The average Bonchev–Trinajstić information content (AvgIpc) is 2.94. The fourth-order valence-corrected chi connectivity index (χ4v) is 2.61. The smallest absolute Gasteiger partial charge is 0.356 e. The van der Waals surface area contributed by atoms with Crippen LogP contribution in [0.1, 0.15) is 28.0 Å². The summed E-state index contributed by atoms with van der Waals surface area (Å²) in [5.74, 6) is -1.43. The van der Waals surface area contributed by atoms with Crippen LogP contribution in [0.25, 0.3) is 11.3 Å². The number of benzene rings is 1. The highest BCUT2D eigenvalue weighted by Crippen LogP contribution is 2.30. The number of rotatable bonds is 2. The first kappa shape index (κ1) is 11.9. The Bertz CT molecular complexity index is 676. The van der Waals surface area contributed by atoms with E-state index < -0.39 is 5.97 Å². The fourth-order valence-electron chi connectivity index (χ4n) is 2.61. The highest BCUT2D eigenvalue weighted by atomic mass is 19.1. The molecule has 0 radical (unpaired) electrons. The molecule has 0 saturated heterocycles. The van der Waals surface area contributed by atoms with Crippen molar-refractivity contribution in [2.24, 2.45) is 7.05 Å². The molecule has 0 saturated carbocycles. The van der Waals surface area contributed by atoms with Gasteiger partial charge in [0.05, 0.1) is 5.69 Å². The largest absolute Gasteiger partial charge is 0.476 e. The third kappa shape index (κ3) is 1.91. The molecule has 0 atom stereocenters. The van der Waals surface area contributed by atoms with Crippen LogP contribution in [0.2, 0.25) is 0 Å². The molecular weight excluding hydrogens is 247 g/mol. The van der Waals surface area contributed by atoms with Crippen molar-refractivity contribution in [2.45, 2.75) is 19.3 Å². The molecule has 3 rings (SSSR count). The van der Waals surface area contributed by atoms with E-state index in [4.69, 9.17) is 5.11 Å². The first-order chi connectivity index (χ1) is 9.06. The second-order valence-corrected chi connectivity index (χ2v) is 4.80. The van der Waals surface area contributed by atoms with Crippen LogP contribution in [0, 0.1) is 5.82 Å². The second kappa shape index (κ2) is 4.19. The van der Waals surface area contributed by atoms with Gasteiger partial charge in [-0.15, -0.1) is 0 Å². The monoisotopic (exact) mass is 260 g/mol. The van der Waals surface area contributed by atoms with Crippen LogP contribution in [0.15, 0.2) is 18.2 Å². The number of halogens is 1. The minimum Gasteiger partial charge on any atom is -0.476 e. The third-order valence-corrected chi connectivity index (χ3v) is 3.56. The lowest BCUT2D eigenvalue weighted by molar-refractivity contribution is 0.0689. The van der Waals surface area contributed by atoms with Crippen LogP contribution in [-0.2, 0) is 19.9 Å². The second-order valence-electron chi connectivity index (χ2n) is 4.80. The van der Waals surface area contributed by atoms with Gasteiger partial charge in [0.25, 0.3) is 0 Å². The zero-order valence-electron chi connectivity index (χ0n) is 10.5. The van der Waals surface area contributed by atoms with E-state index >= 15 is 0 Å². The van der Waals surface area contributed by atoms with Gasteiger partial charge >= 0.3 is 5.97 Å². The Kier molecular flexibility index (Phi) is 2.62. The first-order valence-electron chi connectivity index (χ1n) is 6.15. The van der Waals surface area contributed by atoms with Crippen LogP contribution < -0.4 is 0 Å². The molecule has 1 aliphatic carbocycles. The molecule has 0 bridgehead atoms. The minimum atomic E-state index is -1.11. The first-order valence-corrected chi connectivity index (χ1v) is 6.15. The Labute approximate surface area is 109 Å². The zero-order chi connectivity index (χ0) is 13.6. The van der Waals surface area contributed by atoms with E-state index in [1.54, 1.807) is 13.1 Å². The van der Waals surface area contributed by atoms with Crippen molar-refractivity contribution in [3.8, 4) is 11.3 Å². The number of carboxylic acid groups (broad SMARTS) is 1. The number of carbonyl (C=O) groups is 1. The fraction of sp³-hybridized carbons (Fsp3) is 0.286. The summed E-state index contributed by atoms with van der Waals surface area (Å²) in [5, 5.41) is 12.8. The molecule has 1 N–H and O–H groups in total. The highest BCUT2D eigenvalue weighted by Gasteiger charge is 2.19. The molecule has 19 heavy (non-hydrogen) atoms. The summed E-state index contributed by atoms with van der Waals surface area (Å²) in [7, 11) is 1.62. The Morgan fingerprint density at radius 1 is 1.32 bits per heavy atom. The zero-order valence-corrected chi connectivity index (χ0v) is 10.5. The Morgan fingerprint density at radius 3 is 2.63 bits per heavy atom. The number of aromatic carboxylic acids is 1. The molecule has 4 nitrogen and oxygen atoms in total. The number of fused-ring (bicyclic) bond motifs is 1. The van der Waals surface area contributed by atoms with Crippen molar-refractivity contribution in [1.29, 1.82) is 0 Å². The van der Waals surface area contributed by atoms with Gasteiger partial charge < -0.3 is 5.11 Å². The predicted octanol–water partition coefficient (Wildman–Crippen LogP) is 2.41. The maximum atomic E-state index is 14.1. The summed E-state index contributed by atoms with van der Waals surface area (Å²) in [6.07, 6.45) is 2.91. The number of hydrogen-bond donors (Lipinski definition) is 1. The number of aromatic nitrogens is 2. The molecular formula is C14H13FN2O2. The van der Waals surface area contributed by atoms with E-state index in [9.17, 15) is 9.18 Å². The molecule has 1 aromatic carbocycles. The average molecular weight is 260 g/mol. The van der Waals surface area contributed by atoms with Crippen molar-refractivity contribution in [2.75, 3.05) is 0 Å². The van der Waals surface area contributed by atoms with E-state index in [0.29, 0.717) is 11.3 Å². The molecule has 1 heterocycles. The van der Waals surface area contributed by atoms with Crippen LogP contribution in [-0.4, -0.2) is 20.9 Å². The molecule has 0 fully saturated rings. The number of aryl methyl sites for hydroxylation is 3. The summed E-state index contributed by atoms with van der Waals surface area (Å²) in [5.41, 5.74) is 3.04. The lowest BCUT2D eigenvalue weighted by atomic mass is 10.0. The van der Waals surface area contributed by atoms with Gasteiger partial charge in [-0.3, -0.25) is 4.68 Å². The number of carboxylic acids is 1. The maximum absolute atomic E-state index is 14.1. The van der Waals surface area contributed by atoms with Gasteiger partial charge in [0.15, 0.2) is 5.69 Å². The molecule has 5 heteroatoms. The summed E-state index contributed by atoms with van der Waals surface area (Å²) < 4.78 is 15.5. The molecule has 0 amide bonds. The lowest BCUT2D eigenvalue weighted by Gasteiger charge is -2.07. The van der Waals surface area contributed by atoms with E-state index in [-0.39, 0.29) is 11.5 Å². The summed E-state index contributed by atoms with van der Waals surface area (Å²) >= 11 is 0. The normalized spacial score (nSPS) is 13.6. The molecule has 2 aromatic rings. The van der Waals surface area contributed by atoms with Crippen molar-refractivity contribution in [1.82, 2.24) is 9.78 Å². The topological polar surface area (TPSA) is 55.1 Å². The molecule has 1 aromatic heterocycles. The van der Waals surface area contributed by atoms with Gasteiger partial charge in [-0.05, 0) is 48.6 Å². The van der Waals surface area contributed by atoms with E-state index in [1.165, 1.54) is 10.7 Å². The SMILES string of the molecule is Cn1nc(C(=O)O)cc1-c1cc2c(cc1F)CCC2. The highest BCUT2D eigenvalue weighted by molar-refractivity contribution is 5.87. The Morgan fingerprint density at radius 2 is 2.00 bits per heavy atom. The number of hydrogen-bond acceptors (Lipinski definition) is 2. The van der Waals surface area contributed by atoms with E-state index in [2.05, 4.69) is 5.10 Å². The van der Waals surface area contributed by atoms with Gasteiger partial charge in [-0.1, -0.05) is 0 Å². The summed E-state index contributed by atoms with van der Waals surface area (Å²) in [6, 6.07) is 4.79. The Hall–Kier alpha value is -2.17. The summed E-state index contributed by atoms with van der Waals surface area (Å²) in [6.45, 7) is 0. The lowest BCUT2D eigenvalue weighted by Crippen LogP contribution is -2.00. The van der Waals surface area contributed by atoms with E-state index in [0.717, 1.165) is 30.4 Å². The van der Waals surface area contributed by atoms with Gasteiger partial charge in [-0.2, -0.15) is 5.10 Å².